The third kappa shape index (κ3) is 4.80. The van der Waals surface area contributed by atoms with E-state index in [9.17, 15) is 9.59 Å². The molecule has 27 heavy (non-hydrogen) atoms. The lowest BCUT2D eigenvalue weighted by Gasteiger charge is -2.33. The van der Waals surface area contributed by atoms with E-state index in [0.717, 1.165) is 31.5 Å². The Bertz CT molecular complexity index is 839. The molecule has 1 amide bonds. The van der Waals surface area contributed by atoms with Gasteiger partial charge >= 0.3 is 0 Å². The molecule has 0 unspecified atom stereocenters. The van der Waals surface area contributed by atoms with E-state index >= 15 is 0 Å². The molecule has 2 aromatic rings. The fourth-order valence-corrected chi connectivity index (χ4v) is 3.50. The molecule has 3 rings (SSSR count). The Morgan fingerprint density at radius 3 is 2.56 bits per heavy atom. The molecular formula is C20H27N5O2. The average Bonchev–Trinajstić information content (AvgIpc) is 2.65. The van der Waals surface area contributed by atoms with Gasteiger partial charge in [0.2, 0.25) is 5.91 Å². The van der Waals surface area contributed by atoms with Crippen LogP contribution in [0.5, 0.6) is 0 Å². The van der Waals surface area contributed by atoms with Crippen molar-refractivity contribution in [2.24, 2.45) is 0 Å². The zero-order valence-electron chi connectivity index (χ0n) is 16.2. The maximum atomic E-state index is 12.7. The first-order valence-electron chi connectivity index (χ1n) is 9.48. The number of aromatic nitrogens is 3. The quantitative estimate of drug-likeness (QED) is 0.837. The van der Waals surface area contributed by atoms with Gasteiger partial charge in [-0.1, -0.05) is 13.8 Å². The lowest BCUT2D eigenvalue weighted by molar-refractivity contribution is -0.131. The number of carbonyl (C=O) groups excluding carboxylic acids is 1. The van der Waals surface area contributed by atoms with E-state index in [1.807, 2.05) is 4.90 Å². The Morgan fingerprint density at radius 1 is 1.30 bits per heavy atom. The number of carbonyl (C=O) groups is 1. The van der Waals surface area contributed by atoms with Crippen LogP contribution >= 0.6 is 0 Å². The average molecular weight is 369 g/mol. The summed E-state index contributed by atoms with van der Waals surface area (Å²) in [5, 5.41) is 3.52. The van der Waals surface area contributed by atoms with Crippen LogP contribution in [0.2, 0.25) is 0 Å². The number of rotatable bonds is 5. The van der Waals surface area contributed by atoms with Gasteiger partial charge in [-0.05, 0) is 31.9 Å². The topological polar surface area (TPSA) is 91.0 Å². The molecule has 7 heteroatoms. The highest BCUT2D eigenvalue weighted by atomic mass is 16.2. The second-order valence-electron chi connectivity index (χ2n) is 7.37. The zero-order valence-corrected chi connectivity index (χ0v) is 16.2. The highest BCUT2D eigenvalue weighted by Crippen LogP contribution is 2.15. The second-order valence-corrected chi connectivity index (χ2v) is 7.37. The van der Waals surface area contributed by atoms with E-state index in [0.29, 0.717) is 29.2 Å². The zero-order chi connectivity index (χ0) is 19.4. The first-order chi connectivity index (χ1) is 12.9. The van der Waals surface area contributed by atoms with Gasteiger partial charge in [0.25, 0.3) is 5.56 Å². The third-order valence-corrected chi connectivity index (χ3v) is 4.92. The van der Waals surface area contributed by atoms with Gasteiger partial charge < -0.3 is 15.2 Å². The van der Waals surface area contributed by atoms with Crippen LogP contribution in [-0.4, -0.2) is 50.9 Å². The predicted molar refractivity (Wildman–Crippen MR) is 104 cm³/mol. The van der Waals surface area contributed by atoms with Crippen molar-refractivity contribution in [1.82, 2.24) is 25.2 Å². The van der Waals surface area contributed by atoms with Gasteiger partial charge in [0.15, 0.2) is 0 Å². The van der Waals surface area contributed by atoms with Gasteiger partial charge in [-0.25, -0.2) is 4.98 Å². The number of nitrogens with zero attached hydrogens (tertiary/aromatic N) is 3. The highest BCUT2D eigenvalue weighted by molar-refractivity contribution is 5.79. The first-order valence-corrected chi connectivity index (χ1v) is 9.48. The number of hydrogen-bond acceptors (Lipinski definition) is 5. The van der Waals surface area contributed by atoms with Crippen molar-refractivity contribution in [3.8, 4) is 11.4 Å². The van der Waals surface area contributed by atoms with Crippen LogP contribution in [0.1, 0.15) is 37.9 Å². The fraction of sp³-hybridized carbons (Fsp3) is 0.500. The van der Waals surface area contributed by atoms with Crippen LogP contribution in [0.4, 0.5) is 0 Å². The summed E-state index contributed by atoms with van der Waals surface area (Å²) >= 11 is 0. The number of piperidine rings is 1. The molecule has 0 aliphatic carbocycles. The maximum Gasteiger partial charge on any atom is 0.255 e. The number of aromatic amines is 1. The summed E-state index contributed by atoms with van der Waals surface area (Å²) < 4.78 is 0. The molecule has 1 fully saturated rings. The normalized spacial score (nSPS) is 15.3. The van der Waals surface area contributed by atoms with Gasteiger partial charge in [-0.3, -0.25) is 14.6 Å². The minimum absolute atomic E-state index is 0.00921. The third-order valence-electron chi connectivity index (χ3n) is 4.92. The summed E-state index contributed by atoms with van der Waals surface area (Å²) in [6.07, 6.45) is 5.28. The summed E-state index contributed by atoms with van der Waals surface area (Å²) in [7, 11) is 0. The van der Waals surface area contributed by atoms with Crippen LogP contribution in [0, 0.1) is 6.92 Å². The van der Waals surface area contributed by atoms with Gasteiger partial charge in [-0.2, -0.15) is 0 Å². The molecule has 0 radical (unpaired) electrons. The van der Waals surface area contributed by atoms with Crippen molar-refractivity contribution in [2.75, 3.05) is 13.1 Å². The molecule has 7 nitrogen and oxygen atoms in total. The number of amides is 1. The Labute approximate surface area is 159 Å². The molecule has 2 N–H and O–H groups in total. The maximum absolute atomic E-state index is 12.7. The van der Waals surface area contributed by atoms with Crippen molar-refractivity contribution < 1.29 is 4.79 Å². The number of aryl methyl sites for hydroxylation is 1. The Balaban J connectivity index is 1.67. The van der Waals surface area contributed by atoms with Crippen molar-refractivity contribution in [3.05, 3.63) is 46.1 Å². The Hall–Kier alpha value is -2.54. The van der Waals surface area contributed by atoms with Crippen LogP contribution < -0.4 is 10.9 Å². The van der Waals surface area contributed by atoms with Crippen LogP contribution in [0.3, 0.4) is 0 Å². The molecule has 3 heterocycles. The van der Waals surface area contributed by atoms with Crippen molar-refractivity contribution in [2.45, 2.75) is 52.1 Å². The van der Waals surface area contributed by atoms with Gasteiger partial charge in [0, 0.05) is 54.4 Å². The number of pyridine rings is 1. The number of hydrogen-bond donors (Lipinski definition) is 2. The molecule has 0 aromatic carbocycles. The molecule has 2 aromatic heterocycles. The Morgan fingerprint density at radius 2 is 1.96 bits per heavy atom. The minimum atomic E-state index is -0.251. The fourth-order valence-electron chi connectivity index (χ4n) is 3.50. The van der Waals surface area contributed by atoms with Crippen molar-refractivity contribution in [3.63, 3.8) is 0 Å². The van der Waals surface area contributed by atoms with Gasteiger partial charge in [0.1, 0.15) is 5.82 Å². The van der Waals surface area contributed by atoms with E-state index < -0.39 is 0 Å². The standard InChI is InChI=1S/C20H27N5O2/c1-13(2)22-16-6-10-25(11-7-16)18(26)12-17-14(3)23-19(24-20(17)27)15-4-8-21-9-5-15/h4-5,8-9,13,16,22H,6-7,10-12H2,1-3H3,(H,23,24,27). The van der Waals surface area contributed by atoms with Gasteiger partial charge in [0.05, 0.1) is 6.42 Å². The SMILES string of the molecule is Cc1nc(-c2ccncc2)[nH]c(=O)c1CC(=O)N1CCC(NC(C)C)CC1. The van der Waals surface area contributed by atoms with E-state index in [-0.39, 0.29) is 17.9 Å². The Kier molecular flexibility index (Phi) is 6.01. The highest BCUT2D eigenvalue weighted by Gasteiger charge is 2.24. The summed E-state index contributed by atoms with van der Waals surface area (Å²) in [6.45, 7) is 7.50. The van der Waals surface area contributed by atoms with Crippen LogP contribution in [0.15, 0.2) is 29.3 Å². The predicted octanol–water partition coefficient (Wildman–Crippen LogP) is 1.67. The van der Waals surface area contributed by atoms with Gasteiger partial charge in [-0.15, -0.1) is 0 Å². The first kappa shape index (κ1) is 19.2. The number of H-pyrrole nitrogens is 1. The molecule has 144 valence electrons. The molecule has 0 saturated carbocycles. The lowest BCUT2D eigenvalue weighted by atomic mass is 10.0. The largest absolute Gasteiger partial charge is 0.342 e. The minimum Gasteiger partial charge on any atom is -0.342 e. The molecule has 0 spiro atoms. The molecule has 1 aliphatic heterocycles. The summed E-state index contributed by atoms with van der Waals surface area (Å²) in [4.78, 5) is 38.3. The molecule has 0 bridgehead atoms. The summed E-state index contributed by atoms with van der Waals surface area (Å²) in [5.74, 6) is 0.488. The smallest absolute Gasteiger partial charge is 0.255 e. The van der Waals surface area contributed by atoms with Crippen LogP contribution in [-0.2, 0) is 11.2 Å². The van der Waals surface area contributed by atoms with Crippen LogP contribution in [0.25, 0.3) is 11.4 Å². The number of likely N-dealkylation sites (tertiary alicyclic amines) is 1. The molecular weight excluding hydrogens is 342 g/mol. The van der Waals surface area contributed by atoms with E-state index in [1.165, 1.54) is 0 Å². The van der Waals surface area contributed by atoms with Crippen molar-refractivity contribution in [1.29, 1.82) is 0 Å². The summed E-state index contributed by atoms with van der Waals surface area (Å²) in [5.41, 5.74) is 1.58. The van der Waals surface area contributed by atoms with E-state index in [4.69, 9.17) is 0 Å². The molecule has 1 aliphatic rings. The number of nitrogens with one attached hydrogen (secondary N) is 2. The second kappa shape index (κ2) is 8.43. The summed E-state index contributed by atoms with van der Waals surface area (Å²) in [6, 6.07) is 4.49. The molecule has 0 atom stereocenters. The van der Waals surface area contributed by atoms with E-state index in [1.54, 1.807) is 31.5 Å². The molecule has 1 saturated heterocycles. The van der Waals surface area contributed by atoms with Crippen molar-refractivity contribution >= 4 is 5.91 Å². The lowest BCUT2D eigenvalue weighted by Crippen LogP contribution is -2.47. The monoisotopic (exact) mass is 369 g/mol. The van der Waals surface area contributed by atoms with E-state index in [2.05, 4.69) is 34.1 Å².